The Morgan fingerprint density at radius 2 is 1.91 bits per heavy atom. The van der Waals surface area contributed by atoms with Gasteiger partial charge in [0.05, 0.1) is 5.97 Å². The number of nitrogens with two attached hydrogens (primary N) is 2. The topological polar surface area (TPSA) is 109 Å². The van der Waals surface area contributed by atoms with Crippen LogP contribution >= 0.6 is 0 Å². The van der Waals surface area contributed by atoms with E-state index in [4.69, 9.17) is 11.5 Å². The van der Waals surface area contributed by atoms with Crippen LogP contribution in [-0.2, 0) is 32.0 Å². The van der Waals surface area contributed by atoms with Gasteiger partial charge in [-0.2, -0.15) is 0 Å². The molecule has 0 aliphatic carbocycles. The minimum atomic E-state index is -1.36. The average Bonchev–Trinajstić information content (AvgIpc) is 1.82. The molecular weight excluding hydrogens is 244 g/mol. The first kappa shape index (κ1) is 13.2. The maximum Gasteiger partial charge on any atom is 1.00 e. The van der Waals surface area contributed by atoms with Crippen molar-refractivity contribution in [2.75, 3.05) is 0 Å². The van der Waals surface area contributed by atoms with E-state index in [9.17, 15) is 14.7 Å². The molecule has 68 valence electrons. The summed E-state index contributed by atoms with van der Waals surface area (Å²) in [5.74, 6) is -1.92. The number of hydrogen-bond donors (Lipinski definition) is 2. The van der Waals surface area contributed by atoms with E-state index >= 15 is 0 Å². The van der Waals surface area contributed by atoms with Crippen molar-refractivity contribution >= 4 is 11.9 Å². The van der Waals surface area contributed by atoms with Crippen LogP contribution in [0.3, 0.4) is 0 Å². The molecule has 1 atom stereocenters. The second-order valence-electron chi connectivity index (χ2n) is 1.93. The Hall–Kier alpha value is -0.360. The van der Waals surface area contributed by atoms with E-state index in [2.05, 4.69) is 0 Å². The predicted octanol–water partition coefficient (Wildman–Crippen LogP) is -2.67. The fourth-order valence-electron chi connectivity index (χ4n) is 0.416. The van der Waals surface area contributed by atoms with Gasteiger partial charge >= 0.3 is 22.4 Å². The summed E-state index contributed by atoms with van der Waals surface area (Å²) in [5, 5.41) is 9.92. The van der Waals surface area contributed by atoms with Crippen LogP contribution in [0.2, 0.25) is 0 Å². The molecule has 0 aromatic heterocycles. The van der Waals surface area contributed by atoms with Gasteiger partial charge in [0.2, 0.25) is 5.91 Å². The van der Waals surface area contributed by atoms with Crippen molar-refractivity contribution in [1.29, 1.82) is 0 Å². The summed E-state index contributed by atoms with van der Waals surface area (Å²) >= 11 is 0. The largest absolute Gasteiger partial charge is 1.00 e. The quantitative estimate of drug-likeness (QED) is 0.532. The number of aliphatic carboxylic acids is 1. The molecular formula is C5H9AgN2O3. The summed E-state index contributed by atoms with van der Waals surface area (Å²) in [6.07, 6.45) is 0.0206. The van der Waals surface area contributed by atoms with Crippen LogP contribution in [0, 0.1) is 0 Å². The SMILES string of the molecule is NC(=O)CC[C@H](N)C(=O)[O-].[Ag+]. The third-order valence-electron chi connectivity index (χ3n) is 1.00. The number of amides is 1. The Morgan fingerprint density at radius 1 is 1.45 bits per heavy atom. The summed E-state index contributed by atoms with van der Waals surface area (Å²) in [7, 11) is 0. The van der Waals surface area contributed by atoms with Crippen LogP contribution in [0.25, 0.3) is 0 Å². The molecule has 6 heteroatoms. The van der Waals surface area contributed by atoms with Crippen molar-refractivity contribution in [2.24, 2.45) is 11.5 Å². The summed E-state index contributed by atoms with van der Waals surface area (Å²) in [4.78, 5) is 20.0. The number of hydrogen-bond acceptors (Lipinski definition) is 4. The van der Waals surface area contributed by atoms with Gasteiger partial charge in [0.1, 0.15) is 0 Å². The Labute approximate surface area is 79.6 Å². The maximum atomic E-state index is 10.1. The molecule has 0 aliphatic heterocycles. The first-order valence-electron chi connectivity index (χ1n) is 2.78. The smallest absolute Gasteiger partial charge is 0.548 e. The van der Waals surface area contributed by atoms with Crippen LogP contribution in [-0.4, -0.2) is 17.9 Å². The van der Waals surface area contributed by atoms with Crippen molar-refractivity contribution in [3.8, 4) is 0 Å². The third kappa shape index (κ3) is 7.54. The molecule has 0 bridgehead atoms. The van der Waals surface area contributed by atoms with Crippen molar-refractivity contribution in [3.05, 3.63) is 0 Å². The van der Waals surface area contributed by atoms with E-state index < -0.39 is 17.9 Å². The number of carboxylic acids is 1. The van der Waals surface area contributed by atoms with Crippen LogP contribution in [0.4, 0.5) is 0 Å². The van der Waals surface area contributed by atoms with Crippen LogP contribution < -0.4 is 16.6 Å². The van der Waals surface area contributed by atoms with Crippen molar-refractivity contribution in [2.45, 2.75) is 18.9 Å². The molecule has 0 heterocycles. The van der Waals surface area contributed by atoms with E-state index in [1.54, 1.807) is 0 Å². The Balaban J connectivity index is 0. The van der Waals surface area contributed by atoms with Crippen LogP contribution in [0.5, 0.6) is 0 Å². The normalized spacial score (nSPS) is 11.4. The molecule has 5 nitrogen and oxygen atoms in total. The van der Waals surface area contributed by atoms with Gasteiger partial charge in [0.15, 0.2) is 0 Å². The minimum absolute atomic E-state index is 0. The second-order valence-corrected chi connectivity index (χ2v) is 1.93. The summed E-state index contributed by atoms with van der Waals surface area (Å²) < 4.78 is 0. The van der Waals surface area contributed by atoms with Gasteiger partial charge in [0.25, 0.3) is 0 Å². The van der Waals surface area contributed by atoms with Crippen molar-refractivity contribution in [1.82, 2.24) is 0 Å². The average molecular weight is 253 g/mol. The van der Waals surface area contributed by atoms with Gasteiger partial charge in [-0.25, -0.2) is 0 Å². The molecule has 0 aromatic rings. The molecule has 0 radical (unpaired) electrons. The molecule has 11 heavy (non-hydrogen) atoms. The third-order valence-corrected chi connectivity index (χ3v) is 1.00. The first-order chi connectivity index (χ1) is 4.54. The number of carbonyl (C=O) groups is 2. The zero-order valence-electron chi connectivity index (χ0n) is 5.67. The van der Waals surface area contributed by atoms with Crippen molar-refractivity contribution in [3.63, 3.8) is 0 Å². The van der Waals surface area contributed by atoms with E-state index in [0.29, 0.717) is 0 Å². The summed E-state index contributed by atoms with van der Waals surface area (Å²) in [6.45, 7) is 0. The molecule has 0 aliphatic rings. The van der Waals surface area contributed by atoms with E-state index in [-0.39, 0.29) is 35.2 Å². The van der Waals surface area contributed by atoms with Crippen LogP contribution in [0.1, 0.15) is 12.8 Å². The zero-order valence-corrected chi connectivity index (χ0v) is 7.15. The van der Waals surface area contributed by atoms with Gasteiger partial charge in [-0.15, -0.1) is 0 Å². The monoisotopic (exact) mass is 252 g/mol. The van der Waals surface area contributed by atoms with Gasteiger partial charge in [-0.1, -0.05) is 0 Å². The maximum absolute atomic E-state index is 10.1. The molecule has 0 saturated carbocycles. The van der Waals surface area contributed by atoms with Crippen LogP contribution in [0.15, 0.2) is 0 Å². The molecule has 0 saturated heterocycles. The van der Waals surface area contributed by atoms with Gasteiger partial charge < -0.3 is 21.4 Å². The Bertz CT molecular complexity index is 151. The number of carboxylic acid groups (broad SMARTS) is 1. The zero-order chi connectivity index (χ0) is 8.15. The van der Waals surface area contributed by atoms with Crippen molar-refractivity contribution < 1.29 is 37.1 Å². The standard InChI is InChI=1S/C5H10N2O3.Ag/c6-3(5(9)10)1-2-4(7)8;/h3H,1-2,6H2,(H2,7,8)(H,9,10);/q;+1/p-1/t3-;/m0./s1. The van der Waals surface area contributed by atoms with Gasteiger partial charge in [-0.05, 0) is 6.42 Å². The Kier molecular flexibility index (Phi) is 7.65. The number of rotatable bonds is 4. The minimum Gasteiger partial charge on any atom is -0.548 e. The molecule has 0 aromatic carbocycles. The second kappa shape index (κ2) is 6.36. The molecule has 0 rings (SSSR count). The fourth-order valence-corrected chi connectivity index (χ4v) is 0.416. The molecule has 1 amide bonds. The molecule has 0 fully saturated rings. The first-order valence-corrected chi connectivity index (χ1v) is 2.78. The molecule has 0 spiro atoms. The van der Waals surface area contributed by atoms with Gasteiger partial charge in [0, 0.05) is 12.5 Å². The number of primary amides is 1. The predicted molar refractivity (Wildman–Crippen MR) is 31.4 cm³/mol. The Morgan fingerprint density at radius 3 is 2.18 bits per heavy atom. The van der Waals surface area contributed by atoms with E-state index in [0.717, 1.165) is 0 Å². The molecule has 0 unspecified atom stereocenters. The summed E-state index contributed by atoms with van der Waals surface area (Å²) in [5.41, 5.74) is 9.73. The molecule has 4 N–H and O–H groups in total. The van der Waals surface area contributed by atoms with Gasteiger partial charge in [-0.3, -0.25) is 4.79 Å². The van der Waals surface area contributed by atoms with E-state index in [1.807, 2.05) is 0 Å². The summed E-state index contributed by atoms with van der Waals surface area (Å²) in [6, 6.07) is -1.09. The fraction of sp³-hybridized carbons (Fsp3) is 0.600. The van der Waals surface area contributed by atoms with E-state index in [1.165, 1.54) is 0 Å². The number of carbonyl (C=O) groups excluding carboxylic acids is 2.